The molecule has 13 heteroatoms. The number of nitrogens with one attached hydrogen (secondary N) is 1. The largest absolute Gasteiger partial charge is 0.493 e. The van der Waals surface area contributed by atoms with Crippen LogP contribution in [0.15, 0.2) is 71.7 Å². The Morgan fingerprint density at radius 1 is 0.978 bits per heavy atom. The molecular formula is C32H32Cl2F3N5O3. The number of amides is 3. The third-order valence-electron chi connectivity index (χ3n) is 7.86. The van der Waals surface area contributed by atoms with Gasteiger partial charge in [0.25, 0.3) is 0 Å². The van der Waals surface area contributed by atoms with E-state index in [2.05, 4.69) is 5.32 Å². The van der Waals surface area contributed by atoms with Gasteiger partial charge in [0.05, 0.1) is 30.3 Å². The number of hydrogen-bond acceptors (Lipinski definition) is 5. The number of hydrogen-bond donors (Lipinski definition) is 2. The van der Waals surface area contributed by atoms with Gasteiger partial charge in [-0.15, -0.1) is 0 Å². The molecule has 3 aromatic carbocycles. The Bertz CT molecular complexity index is 1560. The highest BCUT2D eigenvalue weighted by molar-refractivity contribution is 6.30. The fourth-order valence-corrected chi connectivity index (χ4v) is 5.92. The van der Waals surface area contributed by atoms with E-state index in [0.717, 1.165) is 23.3 Å². The third kappa shape index (κ3) is 7.21. The lowest BCUT2D eigenvalue weighted by molar-refractivity contribution is -0.137. The van der Waals surface area contributed by atoms with E-state index < -0.39 is 23.8 Å². The Balaban J connectivity index is 1.62. The first kappa shape index (κ1) is 32.6. The smallest absolute Gasteiger partial charge is 0.416 e. The molecule has 0 radical (unpaired) electrons. The second-order valence-corrected chi connectivity index (χ2v) is 11.6. The average molecular weight is 663 g/mol. The van der Waals surface area contributed by atoms with Gasteiger partial charge in [-0.2, -0.15) is 13.2 Å². The molecule has 45 heavy (non-hydrogen) atoms. The van der Waals surface area contributed by atoms with Crippen LogP contribution >= 0.6 is 23.2 Å². The van der Waals surface area contributed by atoms with Crippen LogP contribution in [-0.4, -0.2) is 59.9 Å². The van der Waals surface area contributed by atoms with Gasteiger partial charge in [-0.3, -0.25) is 14.7 Å². The lowest BCUT2D eigenvalue weighted by Crippen LogP contribution is -2.52. The normalized spacial score (nSPS) is 19.0. The Hall–Kier alpha value is -3.80. The molecule has 3 aromatic rings. The molecule has 0 aromatic heterocycles. The summed E-state index contributed by atoms with van der Waals surface area (Å²) in [7, 11) is 0. The molecule has 0 spiro atoms. The van der Waals surface area contributed by atoms with Crippen LogP contribution in [0.2, 0.25) is 10.0 Å². The average Bonchev–Trinajstić information content (AvgIpc) is 3.41. The number of carbonyl (C=O) groups excluding carboxylic acids is 2. The molecule has 2 atom stereocenters. The molecule has 1 fully saturated rings. The molecule has 3 amide bonds. The van der Waals surface area contributed by atoms with Crippen molar-refractivity contribution in [1.29, 1.82) is 0 Å². The van der Waals surface area contributed by atoms with Gasteiger partial charge >= 0.3 is 12.2 Å². The number of nitrogens with two attached hydrogens (primary N) is 1. The second kappa shape index (κ2) is 13.7. The molecule has 5 rings (SSSR count). The summed E-state index contributed by atoms with van der Waals surface area (Å²) in [5.41, 5.74) is 6.29. The minimum atomic E-state index is -4.60. The summed E-state index contributed by atoms with van der Waals surface area (Å²) >= 11 is 12.4. The number of urea groups is 1. The molecular weight excluding hydrogens is 630 g/mol. The predicted molar refractivity (Wildman–Crippen MR) is 167 cm³/mol. The second-order valence-electron chi connectivity index (χ2n) is 10.8. The number of ether oxygens (including phenoxy) is 1. The lowest BCUT2D eigenvalue weighted by atomic mass is 9.93. The van der Waals surface area contributed by atoms with Crippen LogP contribution in [0.4, 0.5) is 18.0 Å². The van der Waals surface area contributed by atoms with Gasteiger partial charge in [-0.05, 0) is 73.4 Å². The van der Waals surface area contributed by atoms with E-state index in [4.69, 9.17) is 38.7 Å². The van der Waals surface area contributed by atoms with E-state index in [1.54, 1.807) is 48.2 Å². The summed E-state index contributed by atoms with van der Waals surface area (Å²) in [5.74, 6) is -0.137. The summed E-state index contributed by atoms with van der Waals surface area (Å²) in [4.78, 5) is 34.6. The molecule has 1 saturated heterocycles. The maximum Gasteiger partial charge on any atom is 0.416 e. The van der Waals surface area contributed by atoms with Crippen molar-refractivity contribution in [2.75, 3.05) is 26.2 Å². The highest BCUT2D eigenvalue weighted by Gasteiger charge is 2.45. The van der Waals surface area contributed by atoms with Crippen LogP contribution in [0.1, 0.15) is 54.1 Å². The number of aliphatic imine (C=N–C) groups is 1. The van der Waals surface area contributed by atoms with E-state index in [0.29, 0.717) is 36.0 Å². The van der Waals surface area contributed by atoms with Crippen molar-refractivity contribution in [2.45, 2.75) is 44.1 Å². The van der Waals surface area contributed by atoms with E-state index in [1.165, 1.54) is 11.0 Å². The standard InChI is InChI=1S/C32H32Cl2F3N5O3/c1-2-45-26-17-21(32(35,36)37)7-12-25(26)30-40-28(19-3-8-22(33)9-4-19)29(20-5-10-23(34)11-6-20)42(30)31(44)41-15-13-24(14-16-41)39-27(43)18-38/h3-12,17,24,28-29H,2,13-16,18,38H2,1H3,(H,39,43). The molecule has 0 saturated carbocycles. The zero-order valence-corrected chi connectivity index (χ0v) is 25.9. The zero-order valence-electron chi connectivity index (χ0n) is 24.4. The molecule has 2 unspecified atom stereocenters. The van der Waals surface area contributed by atoms with Crippen LogP contribution < -0.4 is 15.8 Å². The SMILES string of the molecule is CCOc1cc(C(F)(F)F)ccc1C1=NC(c2ccc(Cl)cc2)C(c2ccc(Cl)cc2)N1C(=O)N1CCC(NC(=O)CN)CC1. The van der Waals surface area contributed by atoms with Crippen molar-refractivity contribution < 1.29 is 27.5 Å². The molecule has 2 aliphatic rings. The molecule has 238 valence electrons. The maximum absolute atomic E-state index is 14.5. The summed E-state index contributed by atoms with van der Waals surface area (Å²) in [5, 5.41) is 3.89. The number of alkyl halides is 3. The molecule has 3 N–H and O–H groups in total. The monoisotopic (exact) mass is 661 g/mol. The van der Waals surface area contributed by atoms with Crippen molar-refractivity contribution in [3.63, 3.8) is 0 Å². The van der Waals surface area contributed by atoms with Gasteiger partial charge in [0, 0.05) is 29.2 Å². The molecule has 8 nitrogen and oxygen atoms in total. The number of carbonyl (C=O) groups is 2. The van der Waals surface area contributed by atoms with Crippen molar-refractivity contribution in [2.24, 2.45) is 10.7 Å². The quantitative estimate of drug-likeness (QED) is 0.297. The van der Waals surface area contributed by atoms with Crippen LogP contribution in [0.5, 0.6) is 5.75 Å². The van der Waals surface area contributed by atoms with Crippen LogP contribution in [0.3, 0.4) is 0 Å². The number of halogens is 5. The molecule has 0 aliphatic carbocycles. The molecule has 0 bridgehead atoms. The number of benzene rings is 3. The van der Waals surface area contributed by atoms with Crippen molar-refractivity contribution in [3.05, 3.63) is 99.0 Å². The minimum absolute atomic E-state index is 0.0429. The van der Waals surface area contributed by atoms with Crippen molar-refractivity contribution >= 4 is 41.0 Å². The first-order chi connectivity index (χ1) is 21.5. The number of amidine groups is 1. The zero-order chi connectivity index (χ0) is 32.3. The van der Waals surface area contributed by atoms with Crippen molar-refractivity contribution in [1.82, 2.24) is 15.1 Å². The van der Waals surface area contributed by atoms with Gasteiger partial charge in [0.2, 0.25) is 5.91 Å². The summed E-state index contributed by atoms with van der Waals surface area (Å²) in [6.45, 7) is 2.31. The summed E-state index contributed by atoms with van der Waals surface area (Å²) in [6.07, 6.45) is -3.58. The lowest BCUT2D eigenvalue weighted by Gasteiger charge is -2.38. The third-order valence-corrected chi connectivity index (χ3v) is 8.37. The summed E-state index contributed by atoms with van der Waals surface area (Å²) in [6, 6.07) is 15.5. The first-order valence-corrected chi connectivity index (χ1v) is 15.3. The van der Waals surface area contributed by atoms with Gasteiger partial charge in [-0.1, -0.05) is 47.5 Å². The number of piperidine rings is 1. The number of rotatable bonds is 7. The predicted octanol–water partition coefficient (Wildman–Crippen LogP) is 6.62. The van der Waals surface area contributed by atoms with Gasteiger partial charge in [-0.25, -0.2) is 4.79 Å². The van der Waals surface area contributed by atoms with Crippen LogP contribution in [0.25, 0.3) is 0 Å². The maximum atomic E-state index is 14.5. The Morgan fingerprint density at radius 3 is 2.13 bits per heavy atom. The van der Waals surface area contributed by atoms with E-state index in [1.807, 2.05) is 12.1 Å². The van der Waals surface area contributed by atoms with Crippen molar-refractivity contribution in [3.8, 4) is 5.75 Å². The highest BCUT2D eigenvalue weighted by atomic mass is 35.5. The molecule has 2 aliphatic heterocycles. The number of likely N-dealkylation sites (tertiary alicyclic amines) is 1. The van der Waals surface area contributed by atoms with Gasteiger partial charge in [0.1, 0.15) is 17.6 Å². The highest BCUT2D eigenvalue weighted by Crippen LogP contribution is 2.46. The van der Waals surface area contributed by atoms with Crippen LogP contribution in [-0.2, 0) is 11.0 Å². The fraction of sp³-hybridized carbons (Fsp3) is 0.344. The Morgan fingerprint density at radius 2 is 1.58 bits per heavy atom. The minimum Gasteiger partial charge on any atom is -0.493 e. The fourth-order valence-electron chi connectivity index (χ4n) is 5.67. The molecule has 2 heterocycles. The Kier molecular flexibility index (Phi) is 9.91. The van der Waals surface area contributed by atoms with Gasteiger partial charge in [0.15, 0.2) is 0 Å². The van der Waals surface area contributed by atoms with E-state index >= 15 is 0 Å². The number of nitrogens with zero attached hydrogens (tertiary/aromatic N) is 3. The van der Waals surface area contributed by atoms with E-state index in [-0.39, 0.29) is 48.3 Å². The van der Waals surface area contributed by atoms with Gasteiger partial charge < -0.3 is 20.7 Å². The van der Waals surface area contributed by atoms with Crippen LogP contribution in [0, 0.1) is 0 Å². The Labute approximate surface area is 268 Å². The first-order valence-electron chi connectivity index (χ1n) is 14.5. The topological polar surface area (TPSA) is 100 Å². The summed E-state index contributed by atoms with van der Waals surface area (Å²) < 4.78 is 46.9. The van der Waals surface area contributed by atoms with E-state index in [9.17, 15) is 22.8 Å².